The number of methoxy groups -OCH3 is 1. The average molecular weight is 300 g/mol. The first-order valence-corrected chi connectivity index (χ1v) is 6.62. The van der Waals surface area contributed by atoms with Crippen molar-refractivity contribution < 1.29 is 14.3 Å². The van der Waals surface area contributed by atoms with Crippen LogP contribution in [0.15, 0.2) is 35.3 Å². The Bertz CT molecular complexity index is 776. The largest absolute Gasteiger partial charge is 0.497 e. The van der Waals surface area contributed by atoms with E-state index in [2.05, 4.69) is 10.3 Å². The van der Waals surface area contributed by atoms with E-state index in [1.807, 2.05) is 0 Å². The smallest absolute Gasteiger partial charge is 0.261 e. The van der Waals surface area contributed by atoms with E-state index in [0.717, 1.165) is 0 Å². The first kappa shape index (κ1) is 15.5. The van der Waals surface area contributed by atoms with E-state index in [0.29, 0.717) is 17.1 Å². The van der Waals surface area contributed by atoms with Gasteiger partial charge in [-0.1, -0.05) is 0 Å². The van der Waals surface area contributed by atoms with Crippen molar-refractivity contribution in [2.45, 2.75) is 13.8 Å². The van der Waals surface area contributed by atoms with Gasteiger partial charge in [-0.25, -0.2) is 0 Å². The molecule has 2 aromatic rings. The first-order valence-electron chi connectivity index (χ1n) is 6.62. The first-order chi connectivity index (χ1) is 10.4. The maximum absolute atomic E-state index is 12.2. The van der Waals surface area contributed by atoms with E-state index < -0.39 is 11.3 Å². The van der Waals surface area contributed by atoms with E-state index >= 15 is 0 Å². The number of aromatic nitrogens is 1. The van der Waals surface area contributed by atoms with Crippen molar-refractivity contribution in [3.05, 3.63) is 57.5 Å². The zero-order valence-electron chi connectivity index (χ0n) is 12.5. The summed E-state index contributed by atoms with van der Waals surface area (Å²) >= 11 is 0. The van der Waals surface area contributed by atoms with Gasteiger partial charge in [0.1, 0.15) is 11.3 Å². The van der Waals surface area contributed by atoms with Gasteiger partial charge in [0.05, 0.1) is 12.7 Å². The van der Waals surface area contributed by atoms with Crippen LogP contribution in [0.5, 0.6) is 5.75 Å². The van der Waals surface area contributed by atoms with Crippen molar-refractivity contribution in [3.63, 3.8) is 0 Å². The topological polar surface area (TPSA) is 88.3 Å². The Balaban J connectivity index is 2.31. The molecule has 1 aromatic heterocycles. The molecule has 0 atom stereocenters. The average Bonchev–Trinajstić information content (AvgIpc) is 2.47. The highest BCUT2D eigenvalue weighted by Crippen LogP contribution is 2.15. The van der Waals surface area contributed by atoms with Gasteiger partial charge in [0.2, 0.25) is 5.43 Å². The lowest BCUT2D eigenvalue weighted by atomic mass is 10.1. The minimum Gasteiger partial charge on any atom is -0.497 e. The van der Waals surface area contributed by atoms with E-state index in [1.54, 1.807) is 38.3 Å². The van der Waals surface area contributed by atoms with Crippen LogP contribution in [0.1, 0.15) is 33.3 Å². The molecule has 0 radical (unpaired) electrons. The summed E-state index contributed by atoms with van der Waals surface area (Å²) in [6.45, 7) is 2.91. The van der Waals surface area contributed by atoms with E-state index in [-0.39, 0.29) is 16.9 Å². The molecule has 0 aliphatic carbocycles. The van der Waals surface area contributed by atoms with Gasteiger partial charge < -0.3 is 15.0 Å². The van der Waals surface area contributed by atoms with Crippen LogP contribution in [-0.2, 0) is 0 Å². The number of amides is 1. The second kappa shape index (κ2) is 6.26. The molecule has 2 N–H and O–H groups in total. The van der Waals surface area contributed by atoms with Crippen LogP contribution in [0.3, 0.4) is 0 Å². The molecule has 22 heavy (non-hydrogen) atoms. The number of pyridine rings is 1. The maximum atomic E-state index is 12.2. The third kappa shape index (κ3) is 3.06. The molecule has 0 aliphatic heterocycles. The fourth-order valence-corrected chi connectivity index (χ4v) is 2.09. The third-order valence-corrected chi connectivity index (χ3v) is 3.22. The number of ether oxygens (including phenoxy) is 1. The number of aryl methyl sites for hydroxylation is 1. The Morgan fingerprint density at radius 2 is 1.82 bits per heavy atom. The third-order valence-electron chi connectivity index (χ3n) is 3.22. The monoisotopic (exact) mass is 300 g/mol. The number of benzene rings is 1. The van der Waals surface area contributed by atoms with Crippen LogP contribution in [0.4, 0.5) is 5.69 Å². The second-order valence-corrected chi connectivity index (χ2v) is 4.77. The molecule has 1 amide bonds. The number of carbonyl (C=O) groups excluding carboxylic acids is 2. The van der Waals surface area contributed by atoms with Gasteiger partial charge in [-0.15, -0.1) is 0 Å². The highest BCUT2D eigenvalue weighted by atomic mass is 16.5. The van der Waals surface area contributed by atoms with Gasteiger partial charge in [0.25, 0.3) is 5.91 Å². The molecular formula is C16H16N2O4. The summed E-state index contributed by atoms with van der Waals surface area (Å²) in [6.07, 6.45) is 1.31. The fraction of sp³-hybridized carbons (Fsp3) is 0.188. The minimum absolute atomic E-state index is 0.00220. The molecule has 6 heteroatoms. The number of nitrogens with one attached hydrogen (secondary N) is 2. The molecule has 0 fully saturated rings. The lowest BCUT2D eigenvalue weighted by molar-refractivity contribution is 0.101. The fourth-order valence-electron chi connectivity index (χ4n) is 2.09. The van der Waals surface area contributed by atoms with E-state index in [1.165, 1.54) is 13.1 Å². The van der Waals surface area contributed by atoms with Gasteiger partial charge in [-0.2, -0.15) is 0 Å². The van der Waals surface area contributed by atoms with Crippen molar-refractivity contribution in [1.82, 2.24) is 4.98 Å². The number of carbonyl (C=O) groups is 2. The zero-order valence-corrected chi connectivity index (χ0v) is 12.5. The van der Waals surface area contributed by atoms with Gasteiger partial charge in [-0.05, 0) is 38.1 Å². The number of hydrogen-bond acceptors (Lipinski definition) is 4. The summed E-state index contributed by atoms with van der Waals surface area (Å²) in [7, 11) is 1.54. The summed E-state index contributed by atoms with van der Waals surface area (Å²) in [5, 5.41) is 2.61. The van der Waals surface area contributed by atoms with Crippen molar-refractivity contribution in [1.29, 1.82) is 0 Å². The normalized spacial score (nSPS) is 10.1. The van der Waals surface area contributed by atoms with Crippen LogP contribution >= 0.6 is 0 Å². The molecule has 2 rings (SSSR count). The Hall–Kier alpha value is -2.89. The molecule has 1 heterocycles. The molecule has 0 bridgehead atoms. The van der Waals surface area contributed by atoms with Gasteiger partial charge in [-0.3, -0.25) is 14.4 Å². The summed E-state index contributed by atoms with van der Waals surface area (Å²) in [6, 6.07) is 6.70. The highest BCUT2D eigenvalue weighted by Gasteiger charge is 2.18. The zero-order chi connectivity index (χ0) is 16.3. The summed E-state index contributed by atoms with van der Waals surface area (Å²) in [5.74, 6) is -0.295. The molecule has 1 aromatic carbocycles. The number of rotatable bonds is 4. The molecule has 114 valence electrons. The Morgan fingerprint density at radius 1 is 1.18 bits per heavy atom. The van der Waals surface area contributed by atoms with Crippen LogP contribution in [0.25, 0.3) is 0 Å². The number of anilines is 1. The lowest BCUT2D eigenvalue weighted by Crippen LogP contribution is -2.26. The van der Waals surface area contributed by atoms with Crippen molar-refractivity contribution >= 4 is 17.4 Å². The predicted molar refractivity (Wildman–Crippen MR) is 82.8 cm³/mol. The number of hydrogen-bond donors (Lipinski definition) is 2. The molecule has 0 saturated heterocycles. The predicted octanol–water partition coefficient (Wildman–Crippen LogP) is 2.15. The Kier molecular flexibility index (Phi) is 4.41. The Labute approximate surface area is 127 Å². The van der Waals surface area contributed by atoms with Crippen LogP contribution in [0.2, 0.25) is 0 Å². The number of ketones is 1. The van der Waals surface area contributed by atoms with Gasteiger partial charge >= 0.3 is 0 Å². The molecule has 0 saturated carbocycles. The minimum atomic E-state index is -0.575. The van der Waals surface area contributed by atoms with Crippen molar-refractivity contribution in [2.75, 3.05) is 12.4 Å². The molecule has 0 aliphatic rings. The summed E-state index contributed by atoms with van der Waals surface area (Å²) in [4.78, 5) is 38.7. The van der Waals surface area contributed by atoms with Crippen LogP contribution in [0, 0.1) is 6.92 Å². The van der Waals surface area contributed by atoms with Crippen molar-refractivity contribution in [2.24, 2.45) is 0 Å². The summed E-state index contributed by atoms with van der Waals surface area (Å²) in [5.41, 5.74) is 0.289. The van der Waals surface area contributed by atoms with Crippen LogP contribution < -0.4 is 15.5 Å². The van der Waals surface area contributed by atoms with E-state index in [4.69, 9.17) is 4.74 Å². The Morgan fingerprint density at radius 3 is 2.36 bits per heavy atom. The highest BCUT2D eigenvalue weighted by molar-refractivity contribution is 6.06. The van der Waals surface area contributed by atoms with E-state index in [9.17, 15) is 14.4 Å². The van der Waals surface area contributed by atoms with Gasteiger partial charge in [0.15, 0.2) is 5.78 Å². The van der Waals surface area contributed by atoms with Crippen molar-refractivity contribution in [3.8, 4) is 5.75 Å². The molecule has 0 unspecified atom stereocenters. The van der Waals surface area contributed by atoms with Crippen LogP contribution in [-0.4, -0.2) is 23.8 Å². The number of aromatic amines is 1. The van der Waals surface area contributed by atoms with Gasteiger partial charge in [0, 0.05) is 17.6 Å². The lowest BCUT2D eigenvalue weighted by Gasteiger charge is -2.08. The molecule has 0 spiro atoms. The standard InChI is InChI=1S/C16H16N2O4/c1-9-14(10(2)19)15(20)13(8-17-9)16(21)18-11-4-6-12(22-3)7-5-11/h4-8H,1-3H3,(H,17,20)(H,18,21). The maximum Gasteiger partial charge on any atom is 0.261 e. The molecular weight excluding hydrogens is 284 g/mol. The number of H-pyrrole nitrogens is 1. The number of Topliss-reactive ketones (excluding diaryl/α,β-unsaturated/α-hetero) is 1. The quantitative estimate of drug-likeness (QED) is 0.847. The SMILES string of the molecule is COc1ccc(NC(=O)c2c[nH]c(C)c(C(C)=O)c2=O)cc1. The summed E-state index contributed by atoms with van der Waals surface area (Å²) < 4.78 is 5.03. The second-order valence-electron chi connectivity index (χ2n) is 4.77. The molecule has 6 nitrogen and oxygen atoms in total.